The van der Waals surface area contributed by atoms with E-state index >= 15 is 0 Å². The van der Waals surface area contributed by atoms with Crippen molar-refractivity contribution >= 4 is 11.6 Å². The molecule has 1 aliphatic heterocycles. The van der Waals surface area contributed by atoms with Gasteiger partial charge in [-0.1, -0.05) is 57.2 Å². The van der Waals surface area contributed by atoms with Crippen LogP contribution in [0.2, 0.25) is 0 Å². The lowest BCUT2D eigenvalue weighted by molar-refractivity contribution is -0.134. The van der Waals surface area contributed by atoms with Crippen LogP contribution < -0.4 is 4.90 Å². The highest BCUT2D eigenvalue weighted by Gasteiger charge is 2.53. The van der Waals surface area contributed by atoms with Crippen LogP contribution >= 0.6 is 0 Å². The van der Waals surface area contributed by atoms with Gasteiger partial charge in [0.15, 0.2) is 0 Å². The minimum absolute atomic E-state index is 0.124. The number of amides is 1. The summed E-state index contributed by atoms with van der Waals surface area (Å²) in [5.41, 5.74) is 3.13. The molecule has 1 saturated carbocycles. The van der Waals surface area contributed by atoms with E-state index in [1.54, 1.807) is 6.07 Å². The first-order valence-corrected chi connectivity index (χ1v) is 10.2. The fourth-order valence-electron chi connectivity index (χ4n) is 4.22. The van der Waals surface area contributed by atoms with Crippen LogP contribution in [0.25, 0.3) is 0 Å². The fraction of sp³-hybridized carbons (Fsp3) is 0.458. The van der Waals surface area contributed by atoms with Crippen LogP contribution in [0.4, 0.5) is 5.69 Å². The highest BCUT2D eigenvalue weighted by molar-refractivity contribution is 5.91. The second-order valence-electron chi connectivity index (χ2n) is 9.18. The molecule has 0 atom stereocenters. The van der Waals surface area contributed by atoms with Crippen LogP contribution in [0, 0.1) is 0 Å². The Morgan fingerprint density at radius 2 is 1.54 bits per heavy atom. The van der Waals surface area contributed by atoms with Crippen LogP contribution in [0.1, 0.15) is 44.7 Å². The zero-order chi connectivity index (χ0) is 19.9. The largest absolute Gasteiger partial charge is 0.506 e. The van der Waals surface area contributed by atoms with Crippen molar-refractivity contribution < 1.29 is 9.90 Å². The van der Waals surface area contributed by atoms with Crippen molar-refractivity contribution in [1.82, 2.24) is 4.90 Å². The molecule has 148 valence electrons. The normalized spacial score (nSPS) is 18.8. The van der Waals surface area contributed by atoms with E-state index in [1.165, 1.54) is 5.56 Å². The molecule has 0 unspecified atom stereocenters. The monoisotopic (exact) mass is 378 g/mol. The van der Waals surface area contributed by atoms with Gasteiger partial charge in [-0.15, -0.1) is 0 Å². The van der Waals surface area contributed by atoms with E-state index in [0.29, 0.717) is 18.8 Å². The van der Waals surface area contributed by atoms with Crippen molar-refractivity contribution in [1.29, 1.82) is 0 Å². The number of hydrogen-bond acceptors (Lipinski definition) is 3. The first-order valence-electron chi connectivity index (χ1n) is 10.2. The Hall–Kier alpha value is -2.49. The van der Waals surface area contributed by atoms with Crippen molar-refractivity contribution in [2.24, 2.45) is 0 Å². The van der Waals surface area contributed by atoms with Crippen molar-refractivity contribution in [2.45, 2.75) is 44.4 Å². The summed E-state index contributed by atoms with van der Waals surface area (Å²) in [7, 11) is 0. The maximum atomic E-state index is 13.3. The van der Waals surface area contributed by atoms with Crippen LogP contribution in [-0.4, -0.2) is 42.1 Å². The molecular formula is C24H30N2O2. The van der Waals surface area contributed by atoms with Crippen LogP contribution in [0.15, 0.2) is 48.5 Å². The summed E-state index contributed by atoms with van der Waals surface area (Å²) < 4.78 is 0. The molecule has 4 rings (SSSR count). The van der Waals surface area contributed by atoms with Gasteiger partial charge in [-0.2, -0.15) is 0 Å². The van der Waals surface area contributed by atoms with Crippen LogP contribution in [-0.2, 0) is 15.6 Å². The first kappa shape index (κ1) is 18.9. The number of phenolic OH excluding ortho intramolecular Hbond substituents is 1. The molecule has 4 heteroatoms. The summed E-state index contributed by atoms with van der Waals surface area (Å²) in [5.74, 6) is 0.577. The second kappa shape index (κ2) is 6.84. The van der Waals surface area contributed by atoms with Gasteiger partial charge in [0.1, 0.15) is 5.75 Å². The summed E-state index contributed by atoms with van der Waals surface area (Å²) in [6.07, 6.45) is 1.89. The summed E-state index contributed by atoms with van der Waals surface area (Å²) in [5, 5.41) is 10.1. The Bertz CT molecular complexity index is 855. The first-order chi connectivity index (χ1) is 13.3. The van der Waals surface area contributed by atoms with E-state index < -0.39 is 0 Å². The maximum Gasteiger partial charge on any atom is 0.233 e. The summed E-state index contributed by atoms with van der Waals surface area (Å²) >= 11 is 0. The topological polar surface area (TPSA) is 43.8 Å². The summed E-state index contributed by atoms with van der Waals surface area (Å²) in [6, 6.07) is 16.1. The molecular weight excluding hydrogens is 348 g/mol. The second-order valence-corrected chi connectivity index (χ2v) is 9.18. The number of nitrogens with zero attached hydrogens (tertiary/aromatic N) is 2. The van der Waals surface area contributed by atoms with Gasteiger partial charge in [0, 0.05) is 26.2 Å². The molecule has 1 N–H and O–H groups in total. The van der Waals surface area contributed by atoms with E-state index in [4.69, 9.17) is 0 Å². The quantitative estimate of drug-likeness (QED) is 0.876. The molecule has 2 aliphatic rings. The molecule has 28 heavy (non-hydrogen) atoms. The number of carbonyl (C=O) groups is 1. The molecule has 2 aromatic carbocycles. The minimum atomic E-state index is -0.312. The summed E-state index contributed by atoms with van der Waals surface area (Å²) in [6.45, 7) is 9.55. The molecule has 1 saturated heterocycles. The number of aromatic hydroxyl groups is 1. The predicted octanol–water partition coefficient (Wildman–Crippen LogP) is 4.07. The number of anilines is 1. The number of piperazine rings is 1. The minimum Gasteiger partial charge on any atom is -0.506 e. The van der Waals surface area contributed by atoms with Gasteiger partial charge in [-0.25, -0.2) is 0 Å². The van der Waals surface area contributed by atoms with Gasteiger partial charge in [0.05, 0.1) is 11.1 Å². The lowest BCUT2D eigenvalue weighted by Crippen LogP contribution is -2.51. The lowest BCUT2D eigenvalue weighted by Gasteiger charge is -2.38. The van der Waals surface area contributed by atoms with Gasteiger partial charge in [0.25, 0.3) is 0 Å². The van der Waals surface area contributed by atoms with E-state index in [9.17, 15) is 9.90 Å². The smallest absolute Gasteiger partial charge is 0.233 e. The Morgan fingerprint density at radius 1 is 0.929 bits per heavy atom. The zero-order valence-electron chi connectivity index (χ0n) is 17.1. The van der Waals surface area contributed by atoms with E-state index in [2.05, 4.69) is 49.9 Å². The van der Waals surface area contributed by atoms with Gasteiger partial charge in [-0.05, 0) is 41.5 Å². The Balaban J connectivity index is 1.45. The lowest BCUT2D eigenvalue weighted by atomic mass is 9.84. The molecule has 2 aromatic rings. The van der Waals surface area contributed by atoms with Crippen LogP contribution in [0.5, 0.6) is 5.75 Å². The Labute approximate surface area is 167 Å². The third-order valence-corrected chi connectivity index (χ3v) is 6.25. The molecule has 4 nitrogen and oxygen atoms in total. The Morgan fingerprint density at radius 3 is 2.07 bits per heavy atom. The summed E-state index contributed by atoms with van der Waals surface area (Å²) in [4.78, 5) is 17.5. The average molecular weight is 379 g/mol. The molecule has 0 bridgehead atoms. The van der Waals surface area contributed by atoms with E-state index in [0.717, 1.165) is 37.2 Å². The number of hydrogen-bond donors (Lipinski definition) is 1. The van der Waals surface area contributed by atoms with E-state index in [1.807, 2.05) is 23.1 Å². The van der Waals surface area contributed by atoms with Gasteiger partial charge in [0.2, 0.25) is 5.91 Å². The molecule has 0 radical (unpaired) electrons. The third kappa shape index (κ3) is 3.36. The Kier molecular flexibility index (Phi) is 4.60. The standard InChI is InChI=1S/C24H30N2O2/c1-23(2,3)18-8-10-19(11-9-18)24(12-13-24)22(28)26-16-14-25(15-17-26)20-6-4-5-7-21(20)27/h4-11,27H,12-17H2,1-3H3. The number of phenols is 1. The number of carbonyl (C=O) groups excluding carboxylic acids is 1. The predicted molar refractivity (Wildman–Crippen MR) is 113 cm³/mol. The van der Waals surface area contributed by atoms with Crippen molar-refractivity contribution in [3.05, 3.63) is 59.7 Å². The van der Waals surface area contributed by atoms with Crippen LogP contribution in [0.3, 0.4) is 0 Å². The molecule has 1 heterocycles. The highest BCUT2D eigenvalue weighted by Crippen LogP contribution is 2.50. The fourth-order valence-corrected chi connectivity index (χ4v) is 4.22. The third-order valence-electron chi connectivity index (χ3n) is 6.25. The average Bonchev–Trinajstić information content (AvgIpc) is 3.49. The SMILES string of the molecule is CC(C)(C)c1ccc(C2(C(=O)N3CCN(c4ccccc4O)CC3)CC2)cc1. The molecule has 0 spiro atoms. The number of benzene rings is 2. The highest BCUT2D eigenvalue weighted by atomic mass is 16.3. The van der Waals surface area contributed by atoms with Gasteiger partial charge >= 0.3 is 0 Å². The molecule has 2 fully saturated rings. The molecule has 1 aliphatic carbocycles. The van der Waals surface area contributed by atoms with E-state index in [-0.39, 0.29) is 16.7 Å². The van der Waals surface area contributed by atoms with Gasteiger partial charge in [-0.3, -0.25) is 4.79 Å². The maximum absolute atomic E-state index is 13.3. The zero-order valence-corrected chi connectivity index (χ0v) is 17.1. The molecule has 0 aromatic heterocycles. The van der Waals surface area contributed by atoms with Crippen molar-refractivity contribution in [3.63, 3.8) is 0 Å². The molecule has 1 amide bonds. The number of rotatable bonds is 3. The van der Waals surface area contributed by atoms with Crippen molar-refractivity contribution in [2.75, 3.05) is 31.1 Å². The number of para-hydroxylation sites is 2. The van der Waals surface area contributed by atoms with Gasteiger partial charge < -0.3 is 14.9 Å². The van der Waals surface area contributed by atoms with Crippen molar-refractivity contribution in [3.8, 4) is 5.75 Å².